The van der Waals surface area contributed by atoms with E-state index in [1.54, 1.807) is 30.3 Å². The number of ether oxygens (including phenoxy) is 1. The van der Waals surface area contributed by atoms with Crippen molar-refractivity contribution in [3.63, 3.8) is 0 Å². The maximum Gasteiger partial charge on any atom is 0.295 e. The van der Waals surface area contributed by atoms with E-state index in [1.807, 2.05) is 13.8 Å². The van der Waals surface area contributed by atoms with Crippen LogP contribution in [-0.2, 0) is 9.59 Å². The molecule has 0 saturated carbocycles. The highest BCUT2D eigenvalue weighted by molar-refractivity contribution is 6.46. The Bertz CT molecular complexity index is 1030. The number of aliphatic hydroxyl groups excluding tert-OH is 1. The number of hydrogen-bond acceptors (Lipinski definition) is 6. The molecule has 0 bridgehead atoms. The van der Waals surface area contributed by atoms with Crippen LogP contribution in [-0.4, -0.2) is 65.0 Å². The van der Waals surface area contributed by atoms with Gasteiger partial charge in [-0.15, -0.1) is 0 Å². The topological polar surface area (TPSA) is 90.3 Å². The van der Waals surface area contributed by atoms with Gasteiger partial charge in [-0.1, -0.05) is 37.6 Å². The lowest BCUT2D eigenvalue weighted by Crippen LogP contribution is -2.38. The molecule has 0 spiro atoms. The molecule has 7 nitrogen and oxygen atoms in total. The lowest BCUT2D eigenvalue weighted by atomic mass is 9.95. The van der Waals surface area contributed by atoms with Crippen molar-refractivity contribution in [3.8, 4) is 11.5 Å². The van der Waals surface area contributed by atoms with Gasteiger partial charge in [0.25, 0.3) is 11.7 Å². The minimum Gasteiger partial charge on any atom is -0.507 e. The number of hydrogen-bond donors (Lipinski definition) is 2. The smallest absolute Gasteiger partial charge is 0.295 e. The third-order valence-corrected chi connectivity index (χ3v) is 5.99. The molecule has 3 rings (SSSR count). The Morgan fingerprint density at radius 2 is 1.78 bits per heavy atom. The molecular formula is C24H27ClN2O5. The first kappa shape index (κ1) is 23.6. The van der Waals surface area contributed by atoms with E-state index >= 15 is 0 Å². The quantitative estimate of drug-likeness (QED) is 0.355. The number of ketones is 1. The van der Waals surface area contributed by atoms with Crippen molar-refractivity contribution in [1.29, 1.82) is 0 Å². The average Bonchev–Trinajstić information content (AvgIpc) is 3.04. The minimum atomic E-state index is -0.802. The highest BCUT2D eigenvalue weighted by atomic mass is 35.5. The van der Waals surface area contributed by atoms with Crippen LogP contribution in [0, 0.1) is 0 Å². The van der Waals surface area contributed by atoms with Crippen molar-refractivity contribution in [3.05, 3.63) is 64.2 Å². The van der Waals surface area contributed by atoms with Gasteiger partial charge in [0.1, 0.15) is 17.3 Å². The number of carbonyl (C=O) groups is 2. The van der Waals surface area contributed by atoms with Crippen LogP contribution in [0.4, 0.5) is 0 Å². The first-order chi connectivity index (χ1) is 15.3. The Hall–Kier alpha value is -3.03. The second-order valence-corrected chi connectivity index (χ2v) is 7.89. The molecule has 1 aliphatic heterocycles. The van der Waals surface area contributed by atoms with Crippen molar-refractivity contribution in [1.82, 2.24) is 9.80 Å². The summed E-state index contributed by atoms with van der Waals surface area (Å²) >= 11 is 6.04. The molecular weight excluding hydrogens is 432 g/mol. The number of phenolic OH excluding ortho intramolecular Hbond substituents is 1. The number of carbonyl (C=O) groups excluding carboxylic acids is 2. The Morgan fingerprint density at radius 1 is 1.12 bits per heavy atom. The Balaban J connectivity index is 2.12. The number of halogens is 1. The van der Waals surface area contributed by atoms with Gasteiger partial charge in [0, 0.05) is 24.2 Å². The molecule has 170 valence electrons. The molecule has 1 amide bonds. The molecule has 0 radical (unpaired) electrons. The van der Waals surface area contributed by atoms with E-state index in [9.17, 15) is 19.8 Å². The van der Waals surface area contributed by atoms with E-state index in [0.717, 1.165) is 13.1 Å². The number of aromatic hydroxyl groups is 1. The second-order valence-electron chi connectivity index (χ2n) is 7.45. The van der Waals surface area contributed by atoms with Gasteiger partial charge >= 0.3 is 0 Å². The Kier molecular flexibility index (Phi) is 7.43. The summed E-state index contributed by atoms with van der Waals surface area (Å²) in [6.45, 7) is 6.57. The summed E-state index contributed by atoms with van der Waals surface area (Å²) in [6, 6.07) is 10.3. The van der Waals surface area contributed by atoms with Crippen molar-refractivity contribution in [2.24, 2.45) is 0 Å². The Labute approximate surface area is 192 Å². The number of amides is 1. The predicted octanol–water partition coefficient (Wildman–Crippen LogP) is 3.82. The third kappa shape index (κ3) is 4.59. The van der Waals surface area contributed by atoms with Gasteiger partial charge in [0.15, 0.2) is 0 Å². The second kappa shape index (κ2) is 10.1. The molecule has 32 heavy (non-hydrogen) atoms. The van der Waals surface area contributed by atoms with Gasteiger partial charge in [0.2, 0.25) is 0 Å². The van der Waals surface area contributed by atoms with E-state index in [4.69, 9.17) is 16.3 Å². The number of phenols is 1. The summed E-state index contributed by atoms with van der Waals surface area (Å²) in [5.41, 5.74) is 0.617. The van der Waals surface area contributed by atoms with Gasteiger partial charge in [0.05, 0.1) is 24.3 Å². The molecule has 2 aromatic carbocycles. The van der Waals surface area contributed by atoms with Crippen LogP contribution in [0.1, 0.15) is 31.0 Å². The maximum atomic E-state index is 13.0. The van der Waals surface area contributed by atoms with Crippen molar-refractivity contribution < 1.29 is 24.5 Å². The van der Waals surface area contributed by atoms with Gasteiger partial charge in [-0.3, -0.25) is 9.59 Å². The number of aliphatic hydroxyl groups is 1. The molecule has 1 saturated heterocycles. The number of methoxy groups -OCH3 is 1. The van der Waals surface area contributed by atoms with Crippen LogP contribution in [0.15, 0.2) is 48.0 Å². The predicted molar refractivity (Wildman–Crippen MR) is 123 cm³/mol. The van der Waals surface area contributed by atoms with E-state index in [2.05, 4.69) is 4.90 Å². The number of benzene rings is 2. The first-order valence-electron chi connectivity index (χ1n) is 10.5. The highest BCUT2D eigenvalue weighted by Crippen LogP contribution is 2.41. The number of Topliss-reactive ketones (excluding diaryl/α,β-unsaturated/α-hetero) is 1. The van der Waals surface area contributed by atoms with Crippen LogP contribution >= 0.6 is 11.6 Å². The summed E-state index contributed by atoms with van der Waals surface area (Å²) in [6.07, 6.45) is 0. The van der Waals surface area contributed by atoms with Gasteiger partial charge in [-0.05, 0) is 42.9 Å². The SMILES string of the molecule is CCN(CC)CCN1C(=O)C(=O)C(=C(O)c2ccc(OC)cc2O)[C@H]1c1ccc(Cl)cc1. The number of likely N-dealkylation sites (tertiary alicyclic amines) is 1. The zero-order valence-corrected chi connectivity index (χ0v) is 19.1. The molecule has 1 atom stereocenters. The zero-order chi connectivity index (χ0) is 23.4. The molecule has 0 unspecified atom stereocenters. The summed E-state index contributed by atoms with van der Waals surface area (Å²) in [7, 11) is 1.45. The molecule has 1 heterocycles. The van der Waals surface area contributed by atoms with E-state index in [-0.39, 0.29) is 16.9 Å². The van der Waals surface area contributed by atoms with Crippen LogP contribution in [0.3, 0.4) is 0 Å². The fourth-order valence-electron chi connectivity index (χ4n) is 3.88. The third-order valence-electron chi connectivity index (χ3n) is 5.74. The minimum absolute atomic E-state index is 0.0477. The standard InChI is InChI=1S/C24H27ClN2O5/c1-4-26(5-2)12-13-27-21(15-6-8-16(25)9-7-15)20(23(30)24(27)31)22(29)18-11-10-17(32-3)14-19(18)28/h6-11,14,21,28-29H,4-5,12-13H2,1-3H3/t21-/m1/s1. The first-order valence-corrected chi connectivity index (χ1v) is 10.8. The lowest BCUT2D eigenvalue weighted by molar-refractivity contribution is -0.140. The molecule has 2 aromatic rings. The van der Waals surface area contributed by atoms with Crippen LogP contribution < -0.4 is 4.74 Å². The zero-order valence-electron chi connectivity index (χ0n) is 18.3. The van der Waals surface area contributed by atoms with Gasteiger partial charge < -0.3 is 24.7 Å². The Morgan fingerprint density at radius 3 is 2.34 bits per heavy atom. The fraction of sp³-hybridized carbons (Fsp3) is 0.333. The van der Waals surface area contributed by atoms with E-state index in [0.29, 0.717) is 29.4 Å². The molecule has 0 aliphatic carbocycles. The normalized spacial score (nSPS) is 17.9. The fourth-order valence-corrected chi connectivity index (χ4v) is 4.00. The summed E-state index contributed by atoms with van der Waals surface area (Å²) in [5, 5.41) is 22.0. The number of likely N-dealkylation sites (N-methyl/N-ethyl adjacent to an activating group) is 1. The average molecular weight is 459 g/mol. The maximum absolute atomic E-state index is 13.0. The summed E-state index contributed by atoms with van der Waals surface area (Å²) in [4.78, 5) is 29.6. The van der Waals surface area contributed by atoms with Crippen LogP contribution in [0.5, 0.6) is 11.5 Å². The molecule has 1 fully saturated rings. The van der Waals surface area contributed by atoms with Crippen molar-refractivity contribution in [2.75, 3.05) is 33.3 Å². The van der Waals surface area contributed by atoms with Crippen LogP contribution in [0.25, 0.3) is 5.76 Å². The number of nitrogens with zero attached hydrogens (tertiary/aromatic N) is 2. The molecule has 1 aliphatic rings. The van der Waals surface area contributed by atoms with Crippen molar-refractivity contribution in [2.45, 2.75) is 19.9 Å². The van der Waals surface area contributed by atoms with Crippen LogP contribution in [0.2, 0.25) is 5.02 Å². The largest absolute Gasteiger partial charge is 0.507 e. The molecule has 8 heteroatoms. The molecule has 0 aromatic heterocycles. The summed E-state index contributed by atoms with van der Waals surface area (Å²) in [5.74, 6) is -1.78. The highest BCUT2D eigenvalue weighted by Gasteiger charge is 2.46. The summed E-state index contributed by atoms with van der Waals surface area (Å²) < 4.78 is 5.08. The monoisotopic (exact) mass is 458 g/mol. The van der Waals surface area contributed by atoms with Crippen molar-refractivity contribution >= 4 is 29.1 Å². The van der Waals surface area contributed by atoms with E-state index in [1.165, 1.54) is 24.1 Å². The van der Waals surface area contributed by atoms with Gasteiger partial charge in [-0.25, -0.2) is 0 Å². The van der Waals surface area contributed by atoms with Gasteiger partial charge in [-0.2, -0.15) is 0 Å². The number of rotatable bonds is 8. The molecule has 2 N–H and O–H groups in total. The lowest BCUT2D eigenvalue weighted by Gasteiger charge is -2.28. The van der Waals surface area contributed by atoms with E-state index < -0.39 is 23.5 Å².